The Balaban J connectivity index is 2.15. The van der Waals surface area contributed by atoms with Crippen LogP contribution in [0.3, 0.4) is 0 Å². The zero-order valence-corrected chi connectivity index (χ0v) is 12.5. The summed E-state index contributed by atoms with van der Waals surface area (Å²) in [6.07, 6.45) is 1.79. The molecule has 0 aromatic heterocycles. The predicted octanol–water partition coefficient (Wildman–Crippen LogP) is 4.86. The second-order valence-corrected chi connectivity index (χ2v) is 5.52. The molecule has 0 aliphatic carbocycles. The molecule has 0 amide bonds. The lowest BCUT2D eigenvalue weighted by molar-refractivity contribution is 0.847. The normalized spacial score (nSPS) is 11.8. The minimum Gasteiger partial charge on any atom is -0.198 e. The number of hydrogen-bond acceptors (Lipinski definition) is 1. The van der Waals surface area contributed by atoms with Gasteiger partial charge in [-0.15, -0.1) is 0 Å². The fourth-order valence-corrected chi connectivity index (χ4v) is 2.34. The standard InChI is InChI=1S/C17H16BrN/c1-2-13-3-7-15(8-4-13)16(12-19)11-14-5-9-17(18)10-6-14/h3-10,16H,2,11H2,1H3. The van der Waals surface area contributed by atoms with Gasteiger partial charge in [-0.3, -0.25) is 0 Å². The Morgan fingerprint density at radius 3 is 2.11 bits per heavy atom. The van der Waals surface area contributed by atoms with E-state index in [1.54, 1.807) is 0 Å². The zero-order chi connectivity index (χ0) is 13.7. The van der Waals surface area contributed by atoms with Crippen molar-refractivity contribution in [3.8, 4) is 6.07 Å². The van der Waals surface area contributed by atoms with Gasteiger partial charge in [0.2, 0.25) is 0 Å². The van der Waals surface area contributed by atoms with E-state index in [-0.39, 0.29) is 5.92 Å². The van der Waals surface area contributed by atoms with Crippen LogP contribution in [-0.4, -0.2) is 0 Å². The number of nitrogens with zero attached hydrogens (tertiary/aromatic N) is 1. The molecule has 0 bridgehead atoms. The van der Waals surface area contributed by atoms with Crippen LogP contribution in [0.25, 0.3) is 0 Å². The van der Waals surface area contributed by atoms with Gasteiger partial charge in [-0.25, -0.2) is 0 Å². The second kappa shape index (κ2) is 6.54. The molecule has 2 aromatic carbocycles. The van der Waals surface area contributed by atoms with E-state index in [1.807, 2.05) is 12.1 Å². The summed E-state index contributed by atoms with van der Waals surface area (Å²) in [7, 11) is 0. The number of nitriles is 1. The van der Waals surface area contributed by atoms with Crippen LogP contribution in [-0.2, 0) is 12.8 Å². The van der Waals surface area contributed by atoms with E-state index in [9.17, 15) is 5.26 Å². The van der Waals surface area contributed by atoms with Crippen molar-refractivity contribution in [3.05, 3.63) is 69.7 Å². The van der Waals surface area contributed by atoms with Crippen molar-refractivity contribution in [2.45, 2.75) is 25.7 Å². The Morgan fingerprint density at radius 2 is 1.58 bits per heavy atom. The third-order valence-electron chi connectivity index (χ3n) is 3.30. The van der Waals surface area contributed by atoms with Gasteiger partial charge in [-0.1, -0.05) is 59.3 Å². The van der Waals surface area contributed by atoms with Gasteiger partial charge in [0.05, 0.1) is 12.0 Å². The van der Waals surface area contributed by atoms with E-state index in [0.29, 0.717) is 0 Å². The maximum atomic E-state index is 9.36. The van der Waals surface area contributed by atoms with Gasteiger partial charge in [0.15, 0.2) is 0 Å². The molecule has 0 aliphatic heterocycles. The summed E-state index contributed by atoms with van der Waals surface area (Å²) in [5.41, 5.74) is 3.60. The van der Waals surface area contributed by atoms with E-state index < -0.39 is 0 Å². The zero-order valence-electron chi connectivity index (χ0n) is 10.9. The molecule has 0 saturated carbocycles. The summed E-state index contributed by atoms with van der Waals surface area (Å²) >= 11 is 3.42. The molecule has 0 heterocycles. The van der Waals surface area contributed by atoms with Gasteiger partial charge in [0.25, 0.3) is 0 Å². The number of hydrogen-bond donors (Lipinski definition) is 0. The lowest BCUT2D eigenvalue weighted by Crippen LogP contribution is -2.00. The van der Waals surface area contributed by atoms with Crippen LogP contribution in [0.15, 0.2) is 53.0 Å². The molecule has 0 spiro atoms. The SMILES string of the molecule is CCc1ccc(C(C#N)Cc2ccc(Br)cc2)cc1. The van der Waals surface area contributed by atoms with Crippen LogP contribution in [0.1, 0.15) is 29.5 Å². The Labute approximate surface area is 123 Å². The smallest absolute Gasteiger partial charge is 0.0753 e. The minimum absolute atomic E-state index is 0.0768. The Morgan fingerprint density at radius 1 is 1.00 bits per heavy atom. The average molecular weight is 314 g/mol. The molecule has 96 valence electrons. The highest BCUT2D eigenvalue weighted by Crippen LogP contribution is 2.22. The molecular weight excluding hydrogens is 298 g/mol. The second-order valence-electron chi connectivity index (χ2n) is 4.61. The highest BCUT2D eigenvalue weighted by atomic mass is 79.9. The molecule has 0 radical (unpaired) electrons. The Hall–Kier alpha value is -1.59. The summed E-state index contributed by atoms with van der Waals surface area (Å²) in [6.45, 7) is 2.14. The predicted molar refractivity (Wildman–Crippen MR) is 82.0 cm³/mol. The van der Waals surface area contributed by atoms with Crippen LogP contribution < -0.4 is 0 Å². The van der Waals surface area contributed by atoms with Gasteiger partial charge >= 0.3 is 0 Å². The Bertz CT molecular complexity index is 564. The van der Waals surface area contributed by atoms with E-state index in [1.165, 1.54) is 11.1 Å². The van der Waals surface area contributed by atoms with Gasteiger partial charge in [0.1, 0.15) is 0 Å². The minimum atomic E-state index is -0.0768. The first-order valence-corrected chi connectivity index (χ1v) is 7.25. The molecule has 2 heteroatoms. The van der Waals surface area contributed by atoms with Crippen LogP contribution >= 0.6 is 15.9 Å². The lowest BCUT2D eigenvalue weighted by atomic mass is 9.92. The van der Waals surface area contributed by atoms with Crippen molar-refractivity contribution in [1.29, 1.82) is 5.26 Å². The van der Waals surface area contributed by atoms with Crippen LogP contribution in [0, 0.1) is 11.3 Å². The maximum absolute atomic E-state index is 9.36. The highest BCUT2D eigenvalue weighted by molar-refractivity contribution is 9.10. The lowest BCUT2D eigenvalue weighted by Gasteiger charge is -2.10. The summed E-state index contributed by atoms with van der Waals surface area (Å²) in [4.78, 5) is 0. The van der Waals surface area contributed by atoms with Crippen molar-refractivity contribution in [2.75, 3.05) is 0 Å². The molecule has 1 unspecified atom stereocenters. The summed E-state index contributed by atoms with van der Waals surface area (Å²) in [5.74, 6) is -0.0768. The number of halogens is 1. The summed E-state index contributed by atoms with van der Waals surface area (Å²) in [6, 6.07) is 18.9. The molecular formula is C17H16BrN. The number of rotatable bonds is 4. The Kier molecular flexibility index (Phi) is 4.76. The fourth-order valence-electron chi connectivity index (χ4n) is 2.08. The first kappa shape index (κ1) is 13.8. The number of aryl methyl sites for hydroxylation is 1. The van der Waals surface area contributed by atoms with E-state index >= 15 is 0 Å². The molecule has 0 fully saturated rings. The quantitative estimate of drug-likeness (QED) is 0.790. The van der Waals surface area contributed by atoms with Gasteiger partial charge < -0.3 is 0 Å². The van der Waals surface area contributed by atoms with E-state index in [4.69, 9.17) is 0 Å². The van der Waals surface area contributed by atoms with E-state index in [2.05, 4.69) is 65.3 Å². The molecule has 0 saturated heterocycles. The molecule has 1 nitrogen and oxygen atoms in total. The van der Waals surface area contributed by atoms with Crippen molar-refractivity contribution in [1.82, 2.24) is 0 Å². The maximum Gasteiger partial charge on any atom is 0.0753 e. The molecule has 0 N–H and O–H groups in total. The first-order valence-electron chi connectivity index (χ1n) is 6.46. The van der Waals surface area contributed by atoms with Crippen LogP contribution in [0.5, 0.6) is 0 Å². The molecule has 0 aliphatic rings. The fraction of sp³-hybridized carbons (Fsp3) is 0.235. The van der Waals surface area contributed by atoms with Crippen LogP contribution in [0.2, 0.25) is 0 Å². The first-order chi connectivity index (χ1) is 9.22. The van der Waals surface area contributed by atoms with Gasteiger partial charge in [-0.05, 0) is 41.7 Å². The van der Waals surface area contributed by atoms with Gasteiger partial charge in [-0.2, -0.15) is 5.26 Å². The van der Waals surface area contributed by atoms with Crippen LogP contribution in [0.4, 0.5) is 0 Å². The van der Waals surface area contributed by atoms with Crippen molar-refractivity contribution in [2.24, 2.45) is 0 Å². The topological polar surface area (TPSA) is 23.8 Å². The molecule has 19 heavy (non-hydrogen) atoms. The third kappa shape index (κ3) is 3.68. The van der Waals surface area contributed by atoms with Crippen molar-refractivity contribution in [3.63, 3.8) is 0 Å². The summed E-state index contributed by atoms with van der Waals surface area (Å²) < 4.78 is 1.07. The monoisotopic (exact) mass is 313 g/mol. The van der Waals surface area contributed by atoms with Crippen molar-refractivity contribution >= 4 is 15.9 Å². The molecule has 2 rings (SSSR count). The largest absolute Gasteiger partial charge is 0.198 e. The molecule has 2 aromatic rings. The third-order valence-corrected chi connectivity index (χ3v) is 3.83. The van der Waals surface area contributed by atoms with E-state index in [0.717, 1.165) is 22.9 Å². The number of benzene rings is 2. The van der Waals surface area contributed by atoms with Crippen molar-refractivity contribution < 1.29 is 0 Å². The molecule has 1 atom stereocenters. The average Bonchev–Trinajstić information content (AvgIpc) is 2.47. The summed E-state index contributed by atoms with van der Waals surface area (Å²) in [5, 5.41) is 9.36. The highest BCUT2D eigenvalue weighted by Gasteiger charge is 2.11. The van der Waals surface area contributed by atoms with Gasteiger partial charge in [0, 0.05) is 4.47 Å².